The number of ether oxygens (including phenoxy) is 1. The second-order valence-corrected chi connectivity index (χ2v) is 13.7. The number of hydrogen-bond acceptors (Lipinski definition) is 7. The molecule has 0 unspecified atom stereocenters. The lowest BCUT2D eigenvalue weighted by atomic mass is 9.66. The second-order valence-electron chi connectivity index (χ2n) is 13.7. The van der Waals surface area contributed by atoms with Crippen LogP contribution in [-0.2, 0) is 32.9 Å². The van der Waals surface area contributed by atoms with Crippen LogP contribution in [0.3, 0.4) is 0 Å². The first-order chi connectivity index (χ1) is 23.7. The van der Waals surface area contributed by atoms with Gasteiger partial charge in [0.2, 0.25) is 0 Å². The van der Waals surface area contributed by atoms with Gasteiger partial charge in [0.05, 0.1) is 25.5 Å². The van der Waals surface area contributed by atoms with Gasteiger partial charge in [0.25, 0.3) is 0 Å². The molecule has 1 aromatic heterocycles. The summed E-state index contributed by atoms with van der Waals surface area (Å²) in [5, 5.41) is 38.4. The van der Waals surface area contributed by atoms with Crippen molar-refractivity contribution in [3.05, 3.63) is 65.4 Å². The summed E-state index contributed by atoms with van der Waals surface area (Å²) in [5.41, 5.74) is 2.09. The SMILES string of the molecule is CCCCC1(N(C)C)CCC2(CC1)c1[nH]c3ccccc3c1CCN2C(=O)NCc1ccc(OC)cc1.O=C(O)CC(O)(CC(=O)O)C(=O)O. The molecule has 50 heavy (non-hydrogen) atoms. The first-order valence-electron chi connectivity index (χ1n) is 17.1. The van der Waals surface area contributed by atoms with E-state index in [1.165, 1.54) is 41.4 Å². The fraction of sp³-hybridized carbons (Fsp3) is 0.514. The maximum atomic E-state index is 13.8. The van der Waals surface area contributed by atoms with E-state index in [0.29, 0.717) is 6.54 Å². The van der Waals surface area contributed by atoms with Crippen LogP contribution in [-0.4, -0.2) is 98.0 Å². The molecule has 1 spiro atoms. The van der Waals surface area contributed by atoms with Gasteiger partial charge in [-0.15, -0.1) is 0 Å². The van der Waals surface area contributed by atoms with Gasteiger partial charge in [-0.05, 0) is 81.9 Å². The van der Waals surface area contributed by atoms with E-state index in [2.05, 4.69) is 65.4 Å². The molecule has 0 saturated heterocycles. The van der Waals surface area contributed by atoms with Crippen molar-refractivity contribution in [3.8, 4) is 5.75 Å². The molecule has 1 aliphatic carbocycles. The number of carbonyl (C=O) groups is 4. The number of fused-ring (bicyclic) bond motifs is 4. The van der Waals surface area contributed by atoms with Gasteiger partial charge in [0, 0.05) is 35.2 Å². The summed E-state index contributed by atoms with van der Waals surface area (Å²) in [6, 6.07) is 16.6. The fourth-order valence-electron chi connectivity index (χ4n) is 7.53. The number of carboxylic acids is 3. The molecular formula is C37H50N4O9. The van der Waals surface area contributed by atoms with E-state index < -0.39 is 36.4 Å². The van der Waals surface area contributed by atoms with Crippen LogP contribution >= 0.6 is 0 Å². The van der Waals surface area contributed by atoms with Crippen molar-refractivity contribution in [2.45, 2.75) is 94.4 Å². The van der Waals surface area contributed by atoms with Gasteiger partial charge in [0.15, 0.2) is 5.60 Å². The third-order valence-corrected chi connectivity index (χ3v) is 10.5. The lowest BCUT2D eigenvalue weighted by Gasteiger charge is -2.55. The van der Waals surface area contributed by atoms with Gasteiger partial charge in [-0.2, -0.15) is 0 Å². The summed E-state index contributed by atoms with van der Waals surface area (Å²) >= 11 is 0. The molecule has 13 heteroatoms. The average Bonchev–Trinajstić information content (AvgIpc) is 3.47. The minimum Gasteiger partial charge on any atom is -0.497 e. The largest absolute Gasteiger partial charge is 0.497 e. The zero-order valence-electron chi connectivity index (χ0n) is 29.3. The molecule has 2 heterocycles. The maximum Gasteiger partial charge on any atom is 0.336 e. The van der Waals surface area contributed by atoms with Crippen molar-refractivity contribution in [2.24, 2.45) is 0 Å². The third kappa shape index (κ3) is 8.22. The minimum absolute atomic E-state index is 0.0334. The Balaban J connectivity index is 0.000000369. The summed E-state index contributed by atoms with van der Waals surface area (Å²) in [6.07, 6.45) is 6.41. The van der Waals surface area contributed by atoms with Crippen LogP contribution in [0, 0.1) is 0 Å². The van der Waals surface area contributed by atoms with Crippen molar-refractivity contribution in [1.29, 1.82) is 0 Å². The number of aromatic amines is 1. The lowest BCUT2D eigenvalue weighted by Crippen LogP contribution is -2.61. The third-order valence-electron chi connectivity index (χ3n) is 10.5. The van der Waals surface area contributed by atoms with Gasteiger partial charge in [-0.1, -0.05) is 50.1 Å². The highest BCUT2D eigenvalue weighted by atomic mass is 16.5. The molecule has 6 N–H and O–H groups in total. The molecule has 3 aromatic rings. The van der Waals surface area contributed by atoms with Crippen LogP contribution in [0.1, 0.15) is 81.5 Å². The molecule has 5 rings (SSSR count). The minimum atomic E-state index is -2.74. The molecule has 2 aromatic carbocycles. The Morgan fingerprint density at radius 3 is 2.12 bits per heavy atom. The lowest BCUT2D eigenvalue weighted by molar-refractivity contribution is -0.170. The van der Waals surface area contributed by atoms with Gasteiger partial charge >= 0.3 is 23.9 Å². The number of aromatic nitrogens is 1. The molecule has 0 radical (unpaired) electrons. The van der Waals surface area contributed by atoms with Gasteiger partial charge in [-0.3, -0.25) is 9.59 Å². The van der Waals surface area contributed by atoms with Gasteiger partial charge in [0.1, 0.15) is 5.75 Å². The Hall–Kier alpha value is -4.62. The predicted octanol–water partition coefficient (Wildman–Crippen LogP) is 4.96. The van der Waals surface area contributed by atoms with Crippen molar-refractivity contribution in [1.82, 2.24) is 20.1 Å². The van der Waals surface area contributed by atoms with E-state index in [4.69, 9.17) is 25.2 Å². The molecule has 2 amide bonds. The second kappa shape index (κ2) is 15.9. The summed E-state index contributed by atoms with van der Waals surface area (Å²) in [5.74, 6) is -4.19. The first-order valence-corrected chi connectivity index (χ1v) is 17.1. The highest BCUT2D eigenvalue weighted by Gasteiger charge is 2.52. The number of aliphatic carboxylic acids is 3. The average molecular weight is 695 g/mol. The topological polar surface area (TPSA) is 193 Å². The van der Waals surface area contributed by atoms with Crippen molar-refractivity contribution in [2.75, 3.05) is 27.7 Å². The number of para-hydroxylation sites is 1. The Morgan fingerprint density at radius 1 is 0.960 bits per heavy atom. The van der Waals surface area contributed by atoms with Gasteiger partial charge < -0.3 is 45.3 Å². The Kier molecular flexibility index (Phi) is 12.2. The van der Waals surface area contributed by atoms with Crippen LogP contribution in [0.25, 0.3) is 10.9 Å². The zero-order valence-corrected chi connectivity index (χ0v) is 29.3. The molecule has 1 fully saturated rings. The van der Waals surface area contributed by atoms with Crippen LogP contribution in [0.4, 0.5) is 4.79 Å². The molecule has 0 atom stereocenters. The Labute approximate surface area is 292 Å². The summed E-state index contributed by atoms with van der Waals surface area (Å²) in [4.78, 5) is 52.7. The monoisotopic (exact) mass is 694 g/mol. The summed E-state index contributed by atoms with van der Waals surface area (Å²) in [7, 11) is 6.15. The number of rotatable bonds is 12. The van der Waals surface area contributed by atoms with Crippen LogP contribution < -0.4 is 10.1 Å². The predicted molar refractivity (Wildman–Crippen MR) is 187 cm³/mol. The van der Waals surface area contributed by atoms with Crippen LogP contribution in [0.15, 0.2) is 48.5 Å². The number of carboxylic acid groups (broad SMARTS) is 3. The smallest absolute Gasteiger partial charge is 0.336 e. The number of unbranched alkanes of at least 4 members (excludes halogenated alkanes) is 1. The maximum absolute atomic E-state index is 13.8. The number of aliphatic hydroxyl groups is 1. The number of benzene rings is 2. The molecule has 1 saturated carbocycles. The van der Waals surface area contributed by atoms with Gasteiger partial charge in [-0.25, -0.2) is 9.59 Å². The molecule has 272 valence electrons. The van der Waals surface area contributed by atoms with E-state index in [1.54, 1.807) is 7.11 Å². The number of amides is 2. The fourth-order valence-corrected chi connectivity index (χ4v) is 7.53. The van der Waals surface area contributed by atoms with E-state index in [0.717, 1.165) is 50.0 Å². The normalized spacial score (nSPS) is 20.2. The number of hydrogen-bond donors (Lipinski definition) is 6. The molecule has 13 nitrogen and oxygen atoms in total. The zero-order chi connectivity index (χ0) is 36.7. The standard InChI is InChI=1S/C31H42N4O2.C6H8O7/c1-5-6-16-30(34(2)3)17-19-31(20-18-30)28-26(25-9-7-8-10-27(25)33-28)15-21-35(31)29(36)32-22-23-11-13-24(37-4)14-12-23;7-3(8)1-6(13,5(11)12)2-4(9)10/h7-14,33H,5-6,15-22H2,1-4H3,(H,32,36);13H,1-2H2,(H,7,8)(H,9,10)(H,11,12). The van der Waals surface area contributed by atoms with Crippen molar-refractivity contribution >= 4 is 34.8 Å². The highest BCUT2D eigenvalue weighted by molar-refractivity contribution is 5.88. The summed E-state index contributed by atoms with van der Waals surface area (Å²) in [6.45, 7) is 3.53. The number of nitrogens with zero attached hydrogens (tertiary/aromatic N) is 2. The Morgan fingerprint density at radius 2 is 1.58 bits per heavy atom. The van der Waals surface area contributed by atoms with Crippen LogP contribution in [0.5, 0.6) is 5.75 Å². The number of H-pyrrole nitrogens is 1. The molecule has 2 aliphatic rings. The van der Waals surface area contributed by atoms with E-state index >= 15 is 0 Å². The molecule has 1 aliphatic heterocycles. The van der Waals surface area contributed by atoms with E-state index in [1.807, 2.05) is 24.3 Å². The Bertz CT molecular complexity index is 1640. The number of carbonyl (C=O) groups excluding carboxylic acids is 1. The first kappa shape index (κ1) is 38.2. The van der Waals surface area contributed by atoms with E-state index in [-0.39, 0.29) is 17.1 Å². The highest BCUT2D eigenvalue weighted by Crippen LogP contribution is 2.51. The van der Waals surface area contributed by atoms with Crippen molar-refractivity contribution in [3.63, 3.8) is 0 Å². The van der Waals surface area contributed by atoms with Crippen LogP contribution in [0.2, 0.25) is 0 Å². The number of urea groups is 1. The number of methoxy groups -OCH3 is 1. The summed E-state index contributed by atoms with van der Waals surface area (Å²) < 4.78 is 5.28. The molecule has 0 bridgehead atoms. The number of nitrogens with one attached hydrogen (secondary N) is 2. The van der Waals surface area contributed by atoms with E-state index in [9.17, 15) is 19.2 Å². The van der Waals surface area contributed by atoms with Crippen molar-refractivity contribution < 1.29 is 44.3 Å². The molecular weight excluding hydrogens is 644 g/mol. The quantitative estimate of drug-likeness (QED) is 0.151.